The second kappa shape index (κ2) is 6.12. The largest absolute Gasteiger partial charge is 0.435 e. The zero-order valence-electron chi connectivity index (χ0n) is 12.3. The van der Waals surface area contributed by atoms with Crippen LogP contribution < -0.4 is 4.90 Å². The average molecular weight is 317 g/mol. The van der Waals surface area contributed by atoms with Gasteiger partial charge in [-0.3, -0.25) is 4.79 Å². The van der Waals surface area contributed by atoms with Gasteiger partial charge in [-0.2, -0.15) is 13.2 Å². The Labute approximate surface area is 126 Å². The van der Waals surface area contributed by atoms with Crippen LogP contribution in [0.1, 0.15) is 12.1 Å². The summed E-state index contributed by atoms with van der Waals surface area (Å²) in [5.74, 6) is -0.552. The third kappa shape index (κ3) is 3.49. The summed E-state index contributed by atoms with van der Waals surface area (Å²) in [5.41, 5.74) is -1.03. The molecule has 0 unspecified atom stereocenters. The first-order chi connectivity index (χ1) is 10.2. The summed E-state index contributed by atoms with van der Waals surface area (Å²) < 4.78 is 39.0. The molecule has 8 heteroatoms. The number of amides is 1. The number of hydrogen-bond donors (Lipinski definition) is 1. The third-order valence-electron chi connectivity index (χ3n) is 3.74. The predicted octanol–water partition coefficient (Wildman–Crippen LogP) is 1.38. The smallest absolute Gasteiger partial charge is 0.391 e. The number of hydrogen-bond acceptors (Lipinski definition) is 4. The van der Waals surface area contributed by atoms with E-state index in [4.69, 9.17) is 0 Å². The lowest BCUT2D eigenvalue weighted by Gasteiger charge is -2.22. The molecule has 0 spiro atoms. The van der Waals surface area contributed by atoms with Crippen LogP contribution in [0.2, 0.25) is 0 Å². The van der Waals surface area contributed by atoms with Crippen molar-refractivity contribution < 1.29 is 23.1 Å². The maximum atomic E-state index is 13.0. The summed E-state index contributed by atoms with van der Waals surface area (Å²) in [6.07, 6.45) is -4.21. The van der Waals surface area contributed by atoms with E-state index in [0.29, 0.717) is 0 Å². The van der Waals surface area contributed by atoms with Crippen molar-refractivity contribution in [1.29, 1.82) is 0 Å². The fraction of sp³-hybridized carbons (Fsp3) is 0.571. The highest BCUT2D eigenvalue weighted by atomic mass is 19.4. The molecule has 2 rings (SSSR count). The minimum absolute atomic E-state index is 0.0557. The number of halogens is 3. The topological polar surface area (TPSA) is 56.7 Å². The molecular weight excluding hydrogens is 299 g/mol. The summed E-state index contributed by atoms with van der Waals surface area (Å²) >= 11 is 0. The Morgan fingerprint density at radius 3 is 2.73 bits per heavy atom. The van der Waals surface area contributed by atoms with Crippen LogP contribution in [0, 0.1) is 5.92 Å². The Morgan fingerprint density at radius 1 is 1.45 bits per heavy atom. The predicted molar refractivity (Wildman–Crippen MR) is 74.3 cm³/mol. The molecule has 1 fully saturated rings. The Morgan fingerprint density at radius 2 is 2.14 bits per heavy atom. The van der Waals surface area contributed by atoms with Crippen LogP contribution >= 0.6 is 0 Å². The van der Waals surface area contributed by atoms with Gasteiger partial charge in [-0.15, -0.1) is 0 Å². The summed E-state index contributed by atoms with van der Waals surface area (Å²) in [5, 5.41) is 10.0. The molecule has 1 aliphatic rings. The van der Waals surface area contributed by atoms with Crippen molar-refractivity contribution in [3.05, 3.63) is 24.0 Å². The van der Waals surface area contributed by atoms with Crippen LogP contribution in [0.4, 0.5) is 18.9 Å². The lowest BCUT2D eigenvalue weighted by molar-refractivity contribution is -0.140. The maximum absolute atomic E-state index is 13.0. The zero-order chi connectivity index (χ0) is 16.5. The van der Waals surface area contributed by atoms with E-state index in [2.05, 4.69) is 4.98 Å². The van der Waals surface area contributed by atoms with Crippen LogP contribution in [0.5, 0.6) is 0 Å². The van der Waals surface area contributed by atoms with E-state index in [1.807, 2.05) is 0 Å². The molecule has 1 N–H and O–H groups in total. The van der Waals surface area contributed by atoms with Crippen molar-refractivity contribution in [3.63, 3.8) is 0 Å². The van der Waals surface area contributed by atoms with E-state index in [1.54, 1.807) is 14.1 Å². The number of carbonyl (C=O) groups is 1. The van der Waals surface area contributed by atoms with Gasteiger partial charge in [0, 0.05) is 45.7 Å². The van der Waals surface area contributed by atoms with Gasteiger partial charge in [0.05, 0.1) is 11.8 Å². The van der Waals surface area contributed by atoms with Crippen molar-refractivity contribution >= 4 is 11.6 Å². The lowest BCUT2D eigenvalue weighted by Crippen LogP contribution is -2.28. The minimum atomic E-state index is -4.56. The van der Waals surface area contributed by atoms with E-state index in [-0.39, 0.29) is 31.1 Å². The van der Waals surface area contributed by atoms with Gasteiger partial charge in [-0.05, 0) is 12.1 Å². The number of aliphatic hydroxyl groups excluding tert-OH is 1. The van der Waals surface area contributed by atoms with E-state index >= 15 is 0 Å². The third-order valence-corrected chi connectivity index (χ3v) is 3.74. The number of aliphatic hydroxyl groups is 1. The first-order valence-corrected chi connectivity index (χ1v) is 6.85. The second-order valence-electron chi connectivity index (χ2n) is 5.59. The quantitative estimate of drug-likeness (QED) is 0.915. The van der Waals surface area contributed by atoms with E-state index in [9.17, 15) is 23.1 Å². The van der Waals surface area contributed by atoms with Gasteiger partial charge in [-0.1, -0.05) is 0 Å². The molecule has 0 radical (unpaired) electrons. The van der Waals surface area contributed by atoms with Crippen molar-refractivity contribution in [1.82, 2.24) is 9.88 Å². The maximum Gasteiger partial charge on any atom is 0.435 e. The zero-order valence-corrected chi connectivity index (χ0v) is 12.3. The summed E-state index contributed by atoms with van der Waals surface area (Å²) in [7, 11) is 3.20. The van der Waals surface area contributed by atoms with Gasteiger partial charge in [0.1, 0.15) is 0 Å². The molecule has 2 heterocycles. The normalized spacial score (nSPS) is 22.0. The van der Waals surface area contributed by atoms with Crippen LogP contribution in [-0.4, -0.2) is 54.2 Å². The van der Waals surface area contributed by atoms with Gasteiger partial charge in [-0.25, -0.2) is 4.98 Å². The number of carbonyl (C=O) groups excluding carboxylic acids is 1. The van der Waals surface area contributed by atoms with Crippen molar-refractivity contribution in [3.8, 4) is 0 Å². The SMILES string of the molecule is CN(C)C(=O)C[C@@H]1CN(c2cccnc2C(F)(F)F)C[C@H]1O. The van der Waals surface area contributed by atoms with Gasteiger partial charge in [0.15, 0.2) is 5.69 Å². The molecule has 22 heavy (non-hydrogen) atoms. The van der Waals surface area contributed by atoms with Crippen molar-refractivity contribution in [2.45, 2.75) is 18.7 Å². The van der Waals surface area contributed by atoms with Crippen LogP contribution in [0.25, 0.3) is 0 Å². The number of aromatic nitrogens is 1. The first-order valence-electron chi connectivity index (χ1n) is 6.85. The molecule has 1 aliphatic heterocycles. The number of alkyl halides is 3. The number of anilines is 1. The Bertz CT molecular complexity index is 548. The fourth-order valence-electron chi connectivity index (χ4n) is 2.53. The van der Waals surface area contributed by atoms with Gasteiger partial charge >= 0.3 is 6.18 Å². The molecule has 0 saturated carbocycles. The van der Waals surface area contributed by atoms with Gasteiger partial charge < -0.3 is 14.9 Å². The van der Waals surface area contributed by atoms with Crippen molar-refractivity contribution in [2.75, 3.05) is 32.1 Å². The summed E-state index contributed by atoms with van der Waals surface area (Å²) in [4.78, 5) is 18.0. The first kappa shape index (κ1) is 16.5. The van der Waals surface area contributed by atoms with E-state index in [0.717, 1.165) is 6.20 Å². The molecule has 2 atom stereocenters. The van der Waals surface area contributed by atoms with E-state index in [1.165, 1.54) is 21.9 Å². The highest BCUT2D eigenvalue weighted by molar-refractivity contribution is 5.76. The molecule has 5 nitrogen and oxygen atoms in total. The van der Waals surface area contributed by atoms with Crippen LogP contribution in [-0.2, 0) is 11.0 Å². The fourth-order valence-corrected chi connectivity index (χ4v) is 2.53. The molecule has 122 valence electrons. The Hall–Kier alpha value is -1.83. The highest BCUT2D eigenvalue weighted by Crippen LogP contribution is 2.37. The van der Waals surface area contributed by atoms with Crippen molar-refractivity contribution in [2.24, 2.45) is 5.92 Å². The van der Waals surface area contributed by atoms with E-state index < -0.39 is 23.9 Å². The molecule has 1 saturated heterocycles. The molecule has 0 aliphatic carbocycles. The molecule has 1 amide bonds. The van der Waals surface area contributed by atoms with Gasteiger partial charge in [0.25, 0.3) is 0 Å². The number of β-amino-alcohol motifs (C(OH)–C–C–N with tert-alkyl or cyclic N) is 1. The highest BCUT2D eigenvalue weighted by Gasteiger charge is 2.40. The average Bonchev–Trinajstić information content (AvgIpc) is 2.79. The number of rotatable bonds is 3. The second-order valence-corrected chi connectivity index (χ2v) is 5.59. The minimum Gasteiger partial charge on any atom is -0.391 e. The Kier molecular flexibility index (Phi) is 4.60. The lowest BCUT2D eigenvalue weighted by atomic mass is 10.0. The van der Waals surface area contributed by atoms with Gasteiger partial charge in [0.2, 0.25) is 5.91 Å². The molecule has 0 bridgehead atoms. The Balaban J connectivity index is 2.18. The standard InChI is InChI=1S/C14H18F3N3O2/c1-19(2)12(22)6-9-7-20(8-11(9)21)10-4-3-5-18-13(10)14(15,16)17/h3-5,9,11,21H,6-8H2,1-2H3/t9-,11-/m1/s1. The molecule has 0 aromatic carbocycles. The monoisotopic (exact) mass is 317 g/mol. The molecular formula is C14H18F3N3O2. The van der Waals surface area contributed by atoms with Crippen LogP contribution in [0.15, 0.2) is 18.3 Å². The summed E-state index contributed by atoms with van der Waals surface area (Å²) in [6.45, 7) is 0.246. The molecule has 1 aromatic heterocycles. The number of nitrogens with zero attached hydrogens (tertiary/aromatic N) is 3. The number of pyridine rings is 1. The molecule has 1 aromatic rings. The summed E-state index contributed by atoms with van der Waals surface area (Å²) in [6, 6.07) is 2.76. The van der Waals surface area contributed by atoms with Crippen LogP contribution in [0.3, 0.4) is 0 Å².